The quantitative estimate of drug-likeness (QED) is 0.0700. The third-order valence-corrected chi connectivity index (χ3v) is 18.1. The molecule has 21 heteroatoms. The number of hydrogen-bond donors (Lipinski definition) is 3. The molecule has 5 aliphatic rings. The highest BCUT2D eigenvalue weighted by molar-refractivity contribution is 9.10. The van der Waals surface area contributed by atoms with Gasteiger partial charge in [-0.25, -0.2) is 9.37 Å². The fraction of sp³-hybridized carbons (Fsp3) is 0.386. The maximum Gasteiger partial charge on any atom is 0.262 e. The lowest BCUT2D eigenvalue weighted by molar-refractivity contribution is -0.136. The van der Waals surface area contributed by atoms with Crippen LogP contribution in [0.3, 0.4) is 0 Å². The Morgan fingerprint density at radius 3 is 2.15 bits per heavy atom. The zero-order chi connectivity index (χ0) is 54.4. The fourth-order valence-electron chi connectivity index (χ4n) is 11.8. The molecule has 4 amide bonds. The first-order valence-corrected chi connectivity index (χ1v) is 30.0. The Bertz CT molecular complexity index is 3350. The Balaban J connectivity index is 0.702. The molecular weight excluding hydrogens is 1080 g/mol. The zero-order valence-electron chi connectivity index (χ0n) is 44.2. The van der Waals surface area contributed by atoms with Gasteiger partial charge in [0.2, 0.25) is 17.8 Å². The van der Waals surface area contributed by atoms with E-state index in [1.807, 2.05) is 77.6 Å². The first kappa shape index (κ1) is 53.0. The van der Waals surface area contributed by atoms with Crippen molar-refractivity contribution in [3.05, 3.63) is 113 Å². The summed E-state index contributed by atoms with van der Waals surface area (Å²) >= 11 is 3.64. The number of carbonyl (C=O) groups excluding carboxylic acids is 4. The molecule has 0 spiro atoms. The van der Waals surface area contributed by atoms with Gasteiger partial charge in [-0.05, 0) is 122 Å². The van der Waals surface area contributed by atoms with Gasteiger partial charge in [0.1, 0.15) is 30.6 Å². The number of nitrogens with zero attached hydrogens (tertiary/aromatic N) is 9. The van der Waals surface area contributed by atoms with Gasteiger partial charge in [-0.1, -0.05) is 36.4 Å². The number of carbonyl (C=O) groups is 4. The minimum atomic E-state index is -2.72. The first-order valence-electron chi connectivity index (χ1n) is 26.6. The number of benzene rings is 4. The number of piperidine rings is 3. The van der Waals surface area contributed by atoms with Crippen LogP contribution in [0.15, 0.2) is 95.9 Å². The summed E-state index contributed by atoms with van der Waals surface area (Å²) < 4.78 is 37.8. The van der Waals surface area contributed by atoms with E-state index < -0.39 is 42.6 Å². The second kappa shape index (κ2) is 22.0. The lowest BCUT2D eigenvalue weighted by atomic mass is 9.92. The molecular formula is C57H63BrFN12O6P. The fourth-order valence-corrected chi connectivity index (χ4v) is 13.2. The Kier molecular flexibility index (Phi) is 15.0. The highest BCUT2D eigenvalue weighted by Gasteiger charge is 2.45. The number of fused-ring (bicyclic) bond motifs is 1. The van der Waals surface area contributed by atoms with Crippen LogP contribution in [0.1, 0.15) is 59.2 Å². The lowest BCUT2D eigenvalue weighted by Gasteiger charge is -2.44. The van der Waals surface area contributed by atoms with E-state index in [1.165, 1.54) is 6.07 Å². The van der Waals surface area contributed by atoms with Crippen LogP contribution >= 0.6 is 23.1 Å². The maximum absolute atomic E-state index is 15.6. The number of nitrogens with one attached hydrogen (secondary N) is 3. The molecule has 18 nitrogen and oxygen atoms in total. The summed E-state index contributed by atoms with van der Waals surface area (Å²) in [7, 11) is 0.864. The van der Waals surface area contributed by atoms with E-state index in [-0.39, 0.29) is 29.7 Å². The Morgan fingerprint density at radius 1 is 0.756 bits per heavy atom. The minimum absolute atomic E-state index is 0.0175. The van der Waals surface area contributed by atoms with Gasteiger partial charge in [-0.2, -0.15) is 10.1 Å². The molecule has 6 aromatic rings. The third kappa shape index (κ3) is 10.9. The molecule has 4 fully saturated rings. The molecule has 1 atom stereocenters. The summed E-state index contributed by atoms with van der Waals surface area (Å²) in [4.78, 5) is 70.9. The van der Waals surface area contributed by atoms with Crippen LogP contribution in [0.5, 0.6) is 5.75 Å². The van der Waals surface area contributed by atoms with E-state index in [2.05, 4.69) is 68.8 Å². The zero-order valence-corrected chi connectivity index (χ0v) is 46.7. The Hall–Kier alpha value is -6.99. The first-order chi connectivity index (χ1) is 37.6. The van der Waals surface area contributed by atoms with Crippen LogP contribution in [0.4, 0.5) is 38.9 Å². The summed E-state index contributed by atoms with van der Waals surface area (Å²) in [5, 5.41) is 14.3. The lowest BCUT2D eigenvalue weighted by Crippen LogP contribution is -2.54. The molecule has 0 bridgehead atoms. The molecule has 78 heavy (non-hydrogen) atoms. The van der Waals surface area contributed by atoms with Crippen molar-refractivity contribution >= 4 is 86.5 Å². The van der Waals surface area contributed by atoms with Gasteiger partial charge in [-0.15, -0.1) is 0 Å². The van der Waals surface area contributed by atoms with Crippen LogP contribution in [0.25, 0.3) is 22.3 Å². The van der Waals surface area contributed by atoms with Crippen molar-refractivity contribution in [3.63, 3.8) is 0 Å². The smallest absolute Gasteiger partial charge is 0.262 e. The van der Waals surface area contributed by atoms with Crippen LogP contribution in [-0.2, 0) is 21.2 Å². The second-order valence-electron chi connectivity index (χ2n) is 21.3. The molecule has 0 radical (unpaired) electrons. The van der Waals surface area contributed by atoms with Crippen LogP contribution in [0, 0.1) is 11.7 Å². The molecule has 11 rings (SSSR count). The van der Waals surface area contributed by atoms with Crippen molar-refractivity contribution in [2.45, 2.75) is 50.6 Å². The van der Waals surface area contributed by atoms with Gasteiger partial charge in [-0.3, -0.25) is 39.0 Å². The van der Waals surface area contributed by atoms with E-state index in [4.69, 9.17) is 9.72 Å². The summed E-state index contributed by atoms with van der Waals surface area (Å²) in [6.07, 6.45) is 9.93. The molecule has 2 aromatic heterocycles. The average Bonchev–Trinajstić information content (AvgIpc) is 4.16. The van der Waals surface area contributed by atoms with Crippen molar-refractivity contribution in [2.24, 2.45) is 13.0 Å². The van der Waals surface area contributed by atoms with Crippen molar-refractivity contribution in [1.82, 2.24) is 39.8 Å². The number of aryl methyl sites for hydroxylation is 1. The number of amides is 4. The van der Waals surface area contributed by atoms with Gasteiger partial charge in [0.05, 0.1) is 46.0 Å². The second-order valence-corrected chi connectivity index (χ2v) is 25.4. The molecule has 4 aromatic carbocycles. The van der Waals surface area contributed by atoms with Crippen LogP contribution < -0.4 is 35.8 Å². The highest BCUT2D eigenvalue weighted by Crippen LogP contribution is 2.44. The van der Waals surface area contributed by atoms with E-state index in [0.29, 0.717) is 58.4 Å². The number of aromatic nitrogens is 4. The Morgan fingerprint density at radius 2 is 1.47 bits per heavy atom. The molecule has 5 aliphatic heterocycles. The van der Waals surface area contributed by atoms with E-state index >= 15 is 4.39 Å². The number of hydrogen-bond acceptors (Lipinski definition) is 15. The molecule has 1 unspecified atom stereocenters. The van der Waals surface area contributed by atoms with Gasteiger partial charge in [0, 0.05) is 106 Å². The average molecular weight is 1140 g/mol. The standard InChI is InChI=1S/C57H63BrFN12O6P/c1-66-34-38(31-61-66)40-28-46(63-57-60-32-43(58)53(65-57)62-45-11-10-37(26-51(45)78(3,4)76)36-8-6-5-7-9-36)50(77-2)30-48(40)69-20-16-39(17-21-69)68-18-14-35(15-19-68)33-67-22-24-70(25-23-67)49-29-42-41(27-44(49)59)55(74)71(56(42)75)47-12-13-52(72)64-54(47)73/h5-11,26-32,34-35,39,47H,12-25,33H2,1-4H3,(H,64,72,73)(H2,60,62,63,65). The van der Waals surface area contributed by atoms with E-state index in [0.717, 1.165) is 116 Å². The van der Waals surface area contributed by atoms with Gasteiger partial charge in [0.15, 0.2) is 0 Å². The number of imide groups is 2. The largest absolute Gasteiger partial charge is 0.494 e. The topological polar surface area (TPSA) is 190 Å². The Labute approximate surface area is 461 Å². The van der Waals surface area contributed by atoms with E-state index in [1.54, 1.807) is 26.6 Å². The molecule has 7 heterocycles. The normalized spacial score (nSPS) is 19.1. The van der Waals surface area contributed by atoms with Gasteiger partial charge < -0.3 is 34.6 Å². The van der Waals surface area contributed by atoms with Crippen LogP contribution in [0.2, 0.25) is 0 Å². The van der Waals surface area contributed by atoms with Gasteiger partial charge >= 0.3 is 0 Å². The minimum Gasteiger partial charge on any atom is -0.494 e. The number of ether oxygens (including phenoxy) is 1. The summed E-state index contributed by atoms with van der Waals surface area (Å²) in [6, 6.07) is 22.1. The van der Waals surface area contributed by atoms with Gasteiger partial charge in [0.25, 0.3) is 11.8 Å². The number of methoxy groups -OCH3 is 1. The third-order valence-electron chi connectivity index (χ3n) is 16.0. The van der Waals surface area contributed by atoms with Crippen molar-refractivity contribution in [1.29, 1.82) is 0 Å². The molecule has 0 aliphatic carbocycles. The SMILES string of the molecule is COc1cc(N2CCC(N3CCC(CN4CCN(c5cc6c(cc5F)C(=O)N(C5CCC(=O)NC5=O)C6=O)CC4)CC3)CC2)c(-c2cnn(C)c2)cc1Nc1ncc(Br)c(Nc2ccc(-c3ccccc3)cc2P(C)(C)=O)n1. The summed E-state index contributed by atoms with van der Waals surface area (Å²) in [5.74, 6) is -1.01. The van der Waals surface area contributed by atoms with Crippen molar-refractivity contribution < 1.29 is 32.9 Å². The monoisotopic (exact) mass is 1140 g/mol. The number of anilines is 6. The highest BCUT2D eigenvalue weighted by atomic mass is 79.9. The maximum atomic E-state index is 15.6. The number of piperazine rings is 1. The van der Waals surface area contributed by atoms with E-state index in [9.17, 15) is 23.7 Å². The molecule has 406 valence electrons. The number of rotatable bonds is 14. The van der Waals surface area contributed by atoms with Crippen molar-refractivity contribution in [3.8, 4) is 28.0 Å². The van der Waals surface area contributed by atoms with Crippen LogP contribution in [-0.4, -0.2) is 150 Å². The predicted octanol–water partition coefficient (Wildman–Crippen LogP) is 8.09. The summed E-state index contributed by atoms with van der Waals surface area (Å²) in [6.45, 7) is 11.0. The molecule has 3 N–H and O–H groups in total. The summed E-state index contributed by atoms with van der Waals surface area (Å²) in [5.41, 5.74) is 6.78. The molecule has 0 saturated carbocycles. The number of likely N-dealkylation sites (tertiary alicyclic amines) is 1. The van der Waals surface area contributed by atoms with Crippen molar-refractivity contribution in [2.75, 3.05) is 99.8 Å². The molecule has 4 saturated heterocycles. The predicted molar refractivity (Wildman–Crippen MR) is 304 cm³/mol. The number of halogens is 2.